The number of halogens is 2. The molecule has 2 fully saturated rings. The number of methoxy groups -OCH3 is 1. The van der Waals surface area contributed by atoms with Crippen LogP contribution >= 0.6 is 11.6 Å². The van der Waals surface area contributed by atoms with E-state index in [4.69, 9.17) is 16.3 Å². The van der Waals surface area contributed by atoms with Gasteiger partial charge in [0.2, 0.25) is 5.88 Å². The Hall–Kier alpha value is -3.38. The summed E-state index contributed by atoms with van der Waals surface area (Å²) in [6.07, 6.45) is 9.57. The molecule has 7 heteroatoms. The Labute approximate surface area is 220 Å². The van der Waals surface area contributed by atoms with E-state index in [0.29, 0.717) is 32.8 Å². The van der Waals surface area contributed by atoms with Gasteiger partial charge in [-0.3, -0.25) is 4.79 Å². The van der Waals surface area contributed by atoms with E-state index in [0.717, 1.165) is 29.5 Å². The van der Waals surface area contributed by atoms with Gasteiger partial charge < -0.3 is 14.6 Å². The molecular formula is C30H29ClFN3O2. The topological polar surface area (TPSA) is 56.2 Å². The van der Waals surface area contributed by atoms with Crippen LogP contribution in [0.5, 0.6) is 5.88 Å². The van der Waals surface area contributed by atoms with Crippen LogP contribution in [0.25, 0.3) is 22.0 Å². The third kappa shape index (κ3) is 4.17. The molecule has 0 radical (unpaired) electrons. The number of rotatable bonds is 6. The molecule has 1 N–H and O–H groups in total. The van der Waals surface area contributed by atoms with Gasteiger partial charge >= 0.3 is 0 Å². The minimum atomic E-state index is -0.325. The first-order chi connectivity index (χ1) is 17.9. The lowest BCUT2D eigenvalue weighted by molar-refractivity contribution is -0.000603. The van der Waals surface area contributed by atoms with Crippen molar-refractivity contribution in [3.05, 3.63) is 82.9 Å². The number of benzene rings is 2. The summed E-state index contributed by atoms with van der Waals surface area (Å²) in [5.41, 5.74) is 4.51. The highest BCUT2D eigenvalue weighted by Gasteiger charge is 2.48. The van der Waals surface area contributed by atoms with E-state index in [1.165, 1.54) is 32.4 Å². The Bertz CT molecular complexity index is 1480. The number of amides is 1. The van der Waals surface area contributed by atoms with Crippen molar-refractivity contribution in [2.75, 3.05) is 7.11 Å². The number of aromatic nitrogens is 2. The standard InChI is InChI=1S/C30H29ClFN3O2/c1-18(19-4-6-20(7-5-19)21-14-25(31)29(37-2)33-17-21)35-13-10-23-26(32)9-8-24(27(23)35)28(36)34-22-15-30(16-22)11-3-12-30/h4-10,13-14,17-18,22H,3,11-12,15-16H2,1-2H3,(H,34,36)/t18-/m1/s1. The van der Waals surface area contributed by atoms with E-state index in [1.54, 1.807) is 18.3 Å². The van der Waals surface area contributed by atoms with E-state index in [1.807, 2.05) is 41.1 Å². The molecule has 2 aromatic heterocycles. The predicted molar refractivity (Wildman–Crippen MR) is 144 cm³/mol. The Balaban J connectivity index is 1.27. The van der Waals surface area contributed by atoms with Crippen LogP contribution in [0.1, 0.15) is 61.0 Å². The molecule has 2 aliphatic carbocycles. The smallest absolute Gasteiger partial charge is 0.253 e. The number of nitrogens with zero attached hydrogens (tertiary/aromatic N) is 2. The highest BCUT2D eigenvalue weighted by Crippen LogP contribution is 2.55. The Morgan fingerprint density at radius 1 is 1.16 bits per heavy atom. The first-order valence-electron chi connectivity index (χ1n) is 12.8. The van der Waals surface area contributed by atoms with Crippen LogP contribution in [-0.2, 0) is 0 Å². The van der Waals surface area contributed by atoms with Gasteiger partial charge in [-0.05, 0) is 73.4 Å². The highest BCUT2D eigenvalue weighted by atomic mass is 35.5. The van der Waals surface area contributed by atoms with Crippen molar-refractivity contribution in [1.82, 2.24) is 14.9 Å². The minimum absolute atomic E-state index is 0.112. The summed E-state index contributed by atoms with van der Waals surface area (Å²) in [5.74, 6) is -0.0635. The molecule has 5 nitrogen and oxygen atoms in total. The quantitative estimate of drug-likeness (QED) is 0.295. The van der Waals surface area contributed by atoms with Crippen LogP contribution in [0.3, 0.4) is 0 Å². The summed E-state index contributed by atoms with van der Waals surface area (Å²) in [5, 5.41) is 4.11. The Morgan fingerprint density at radius 2 is 1.92 bits per heavy atom. The first kappa shape index (κ1) is 24.0. The molecule has 0 unspecified atom stereocenters. The van der Waals surface area contributed by atoms with Gasteiger partial charge in [0.25, 0.3) is 5.91 Å². The molecule has 0 bridgehead atoms. The predicted octanol–water partition coefficient (Wildman–Crippen LogP) is 7.18. The molecular weight excluding hydrogens is 489 g/mol. The molecule has 37 heavy (non-hydrogen) atoms. The number of carbonyl (C=O) groups excluding carboxylic acids is 1. The number of nitrogens with one attached hydrogen (secondary N) is 1. The van der Waals surface area contributed by atoms with Crippen LogP contribution < -0.4 is 10.1 Å². The fraction of sp³-hybridized carbons (Fsp3) is 0.333. The monoisotopic (exact) mass is 517 g/mol. The van der Waals surface area contributed by atoms with E-state index >= 15 is 0 Å². The maximum Gasteiger partial charge on any atom is 0.253 e. The molecule has 1 spiro atoms. The van der Waals surface area contributed by atoms with Crippen LogP contribution in [0.15, 0.2) is 60.9 Å². The molecule has 190 valence electrons. The summed E-state index contributed by atoms with van der Waals surface area (Å²) in [4.78, 5) is 17.6. The van der Waals surface area contributed by atoms with Crippen molar-refractivity contribution in [1.29, 1.82) is 0 Å². The van der Waals surface area contributed by atoms with Crippen LogP contribution in [0.2, 0.25) is 5.02 Å². The summed E-state index contributed by atoms with van der Waals surface area (Å²) in [7, 11) is 1.54. The number of carbonyl (C=O) groups is 1. The highest BCUT2D eigenvalue weighted by molar-refractivity contribution is 6.32. The minimum Gasteiger partial charge on any atom is -0.480 e. The fourth-order valence-electron chi connectivity index (χ4n) is 6.04. The van der Waals surface area contributed by atoms with Gasteiger partial charge in [-0.1, -0.05) is 42.3 Å². The lowest BCUT2D eigenvalue weighted by atomic mass is 9.54. The summed E-state index contributed by atoms with van der Waals surface area (Å²) in [6, 6.07) is 14.8. The molecule has 6 rings (SSSR count). The van der Waals surface area contributed by atoms with Gasteiger partial charge in [0.1, 0.15) is 10.8 Å². The maximum absolute atomic E-state index is 14.8. The second-order valence-corrected chi connectivity index (χ2v) is 10.9. The van der Waals surface area contributed by atoms with Gasteiger partial charge in [-0.2, -0.15) is 0 Å². The number of hydrogen-bond acceptors (Lipinski definition) is 3. The SMILES string of the molecule is COc1ncc(-c2ccc([C@@H](C)n3ccc4c(F)ccc(C(=O)NC5CC6(CCC6)C5)c43)cc2)cc1Cl. The molecule has 1 amide bonds. The second-order valence-electron chi connectivity index (χ2n) is 10.5. The molecule has 0 aliphatic heterocycles. The Kier molecular flexibility index (Phi) is 5.95. The van der Waals surface area contributed by atoms with Gasteiger partial charge in [0, 0.05) is 29.4 Å². The largest absolute Gasteiger partial charge is 0.480 e. The van der Waals surface area contributed by atoms with E-state index in [9.17, 15) is 9.18 Å². The average molecular weight is 518 g/mol. The van der Waals surface area contributed by atoms with Crippen molar-refractivity contribution in [2.45, 2.75) is 51.1 Å². The zero-order valence-corrected chi connectivity index (χ0v) is 21.7. The number of pyridine rings is 1. The van der Waals surface area contributed by atoms with Gasteiger partial charge in [0.15, 0.2) is 0 Å². The van der Waals surface area contributed by atoms with Crippen LogP contribution in [0, 0.1) is 11.2 Å². The molecule has 2 heterocycles. The molecule has 2 aliphatic rings. The van der Waals surface area contributed by atoms with E-state index in [2.05, 4.69) is 17.2 Å². The zero-order valence-electron chi connectivity index (χ0n) is 20.9. The van der Waals surface area contributed by atoms with E-state index < -0.39 is 0 Å². The Morgan fingerprint density at radius 3 is 2.57 bits per heavy atom. The van der Waals surface area contributed by atoms with Gasteiger partial charge in [0.05, 0.1) is 24.2 Å². The third-order valence-corrected chi connectivity index (χ3v) is 8.59. The number of ether oxygens (including phenoxy) is 1. The first-order valence-corrected chi connectivity index (χ1v) is 13.1. The summed E-state index contributed by atoms with van der Waals surface area (Å²) < 4.78 is 21.9. The molecule has 1 atom stereocenters. The van der Waals surface area contributed by atoms with Gasteiger partial charge in [-0.15, -0.1) is 0 Å². The average Bonchev–Trinajstić information content (AvgIpc) is 3.30. The maximum atomic E-state index is 14.8. The fourth-order valence-corrected chi connectivity index (χ4v) is 6.28. The van der Waals surface area contributed by atoms with Crippen LogP contribution in [-0.4, -0.2) is 28.6 Å². The van der Waals surface area contributed by atoms with Crippen LogP contribution in [0.4, 0.5) is 4.39 Å². The van der Waals surface area contributed by atoms with Gasteiger partial charge in [-0.25, -0.2) is 9.37 Å². The normalized spacial score (nSPS) is 17.3. The van der Waals surface area contributed by atoms with Crippen molar-refractivity contribution < 1.29 is 13.9 Å². The summed E-state index contributed by atoms with van der Waals surface area (Å²) >= 11 is 6.25. The summed E-state index contributed by atoms with van der Waals surface area (Å²) in [6.45, 7) is 2.05. The lowest BCUT2D eigenvalue weighted by Crippen LogP contribution is -2.53. The lowest BCUT2D eigenvalue weighted by Gasteiger charge is -2.54. The van der Waals surface area contributed by atoms with Crippen molar-refractivity contribution in [3.63, 3.8) is 0 Å². The van der Waals surface area contributed by atoms with Crippen molar-refractivity contribution >= 4 is 28.4 Å². The van der Waals surface area contributed by atoms with Crippen molar-refractivity contribution in [3.8, 4) is 17.0 Å². The van der Waals surface area contributed by atoms with E-state index in [-0.39, 0.29) is 23.8 Å². The second kappa shape index (κ2) is 9.18. The molecule has 0 saturated heterocycles. The zero-order chi connectivity index (χ0) is 25.7. The number of hydrogen-bond donors (Lipinski definition) is 1. The van der Waals surface area contributed by atoms with Crippen molar-refractivity contribution in [2.24, 2.45) is 5.41 Å². The molecule has 2 aromatic carbocycles. The number of fused-ring (bicyclic) bond motifs is 1. The molecule has 2 saturated carbocycles. The molecule has 4 aromatic rings. The third-order valence-electron chi connectivity index (χ3n) is 8.32.